The van der Waals surface area contributed by atoms with Gasteiger partial charge in [0.15, 0.2) is 0 Å². The minimum absolute atomic E-state index is 0.174. The number of carbonyl (C=O) groups excluding carboxylic acids is 1. The van der Waals surface area contributed by atoms with Crippen LogP contribution in [0.4, 0.5) is 5.82 Å². The molecule has 2 aromatic rings. The Morgan fingerprint density at radius 1 is 1.44 bits per heavy atom. The normalized spacial score (nSPS) is 17.0. The lowest BCUT2D eigenvalue weighted by atomic mass is 10.1. The SMILES string of the molecule is CCCc1sc(C(=O)N2CCC(N(C)Cc3nccc(N)n3)C2)cc1CC. The van der Waals surface area contributed by atoms with Crippen LogP contribution < -0.4 is 5.73 Å². The molecule has 27 heavy (non-hydrogen) atoms. The molecule has 1 atom stereocenters. The number of hydrogen-bond donors (Lipinski definition) is 1. The topological polar surface area (TPSA) is 75.4 Å². The number of carbonyl (C=O) groups is 1. The summed E-state index contributed by atoms with van der Waals surface area (Å²) >= 11 is 1.68. The number of hydrogen-bond acceptors (Lipinski definition) is 6. The zero-order valence-electron chi connectivity index (χ0n) is 16.4. The average Bonchev–Trinajstić information content (AvgIpc) is 3.29. The van der Waals surface area contributed by atoms with Crippen LogP contribution >= 0.6 is 11.3 Å². The van der Waals surface area contributed by atoms with E-state index in [9.17, 15) is 4.79 Å². The fraction of sp³-hybridized carbons (Fsp3) is 0.550. The summed E-state index contributed by atoms with van der Waals surface area (Å²) in [7, 11) is 2.06. The van der Waals surface area contributed by atoms with Crippen molar-refractivity contribution in [3.8, 4) is 0 Å². The van der Waals surface area contributed by atoms with E-state index in [-0.39, 0.29) is 5.91 Å². The first-order valence-electron chi connectivity index (χ1n) is 9.70. The third-order valence-electron chi connectivity index (χ3n) is 5.16. The molecule has 6 nitrogen and oxygen atoms in total. The van der Waals surface area contributed by atoms with Gasteiger partial charge in [0.1, 0.15) is 11.6 Å². The molecule has 2 aromatic heterocycles. The van der Waals surface area contributed by atoms with Crippen molar-refractivity contribution in [3.05, 3.63) is 39.5 Å². The zero-order valence-corrected chi connectivity index (χ0v) is 17.3. The molecule has 0 bridgehead atoms. The number of aryl methyl sites for hydroxylation is 2. The van der Waals surface area contributed by atoms with E-state index in [0.717, 1.165) is 49.5 Å². The molecular weight excluding hydrogens is 358 g/mol. The van der Waals surface area contributed by atoms with Gasteiger partial charge in [-0.15, -0.1) is 11.3 Å². The zero-order chi connectivity index (χ0) is 19.4. The summed E-state index contributed by atoms with van der Waals surface area (Å²) in [6, 6.07) is 4.12. The molecule has 0 radical (unpaired) electrons. The molecule has 0 aromatic carbocycles. The van der Waals surface area contributed by atoms with Crippen molar-refractivity contribution in [1.29, 1.82) is 0 Å². The van der Waals surface area contributed by atoms with Crippen molar-refractivity contribution in [1.82, 2.24) is 19.8 Å². The van der Waals surface area contributed by atoms with Gasteiger partial charge >= 0.3 is 0 Å². The molecule has 3 heterocycles. The number of aromatic nitrogens is 2. The van der Waals surface area contributed by atoms with Gasteiger partial charge in [-0.2, -0.15) is 0 Å². The smallest absolute Gasteiger partial charge is 0.263 e. The summed E-state index contributed by atoms with van der Waals surface area (Å²) in [6.07, 6.45) is 5.82. The number of amides is 1. The van der Waals surface area contributed by atoms with Gasteiger partial charge in [-0.25, -0.2) is 9.97 Å². The van der Waals surface area contributed by atoms with Crippen molar-refractivity contribution in [3.63, 3.8) is 0 Å². The number of nitrogens with two attached hydrogens (primary N) is 1. The molecule has 1 fully saturated rings. The summed E-state index contributed by atoms with van der Waals surface area (Å²) in [6.45, 7) is 6.53. The van der Waals surface area contributed by atoms with Gasteiger partial charge < -0.3 is 10.6 Å². The second-order valence-corrected chi connectivity index (χ2v) is 8.31. The highest BCUT2D eigenvalue weighted by molar-refractivity contribution is 7.14. The molecule has 0 spiro atoms. The van der Waals surface area contributed by atoms with Crippen LogP contribution in [0.1, 0.15) is 52.6 Å². The maximum absolute atomic E-state index is 13.0. The van der Waals surface area contributed by atoms with E-state index in [1.54, 1.807) is 23.6 Å². The van der Waals surface area contributed by atoms with Crippen LogP contribution in [0, 0.1) is 0 Å². The van der Waals surface area contributed by atoms with Crippen LogP contribution in [0.25, 0.3) is 0 Å². The predicted octanol–water partition coefficient (Wildman–Crippen LogP) is 2.98. The van der Waals surface area contributed by atoms with Crippen LogP contribution in [0.15, 0.2) is 18.3 Å². The molecule has 1 aliphatic rings. The monoisotopic (exact) mass is 387 g/mol. The van der Waals surface area contributed by atoms with Crippen LogP contribution in [0.2, 0.25) is 0 Å². The number of nitrogens with zero attached hydrogens (tertiary/aromatic N) is 4. The average molecular weight is 388 g/mol. The molecular formula is C20H29N5OS. The highest BCUT2D eigenvalue weighted by atomic mass is 32.1. The lowest BCUT2D eigenvalue weighted by molar-refractivity contribution is 0.0784. The van der Waals surface area contributed by atoms with Gasteiger partial charge in [0.2, 0.25) is 0 Å². The first-order chi connectivity index (χ1) is 13.0. The molecule has 146 valence electrons. The Morgan fingerprint density at radius 3 is 2.96 bits per heavy atom. The molecule has 1 saturated heterocycles. The minimum Gasteiger partial charge on any atom is -0.384 e. The first-order valence-corrected chi connectivity index (χ1v) is 10.5. The fourth-order valence-corrected chi connectivity index (χ4v) is 4.92. The van der Waals surface area contributed by atoms with Gasteiger partial charge in [0, 0.05) is 30.2 Å². The molecule has 2 N–H and O–H groups in total. The predicted molar refractivity (Wildman–Crippen MR) is 110 cm³/mol. The van der Waals surface area contributed by atoms with E-state index in [4.69, 9.17) is 5.73 Å². The molecule has 3 rings (SSSR count). The van der Waals surface area contributed by atoms with Crippen molar-refractivity contribution in [2.75, 3.05) is 25.9 Å². The maximum atomic E-state index is 13.0. The Morgan fingerprint density at radius 2 is 2.26 bits per heavy atom. The van der Waals surface area contributed by atoms with Crippen molar-refractivity contribution < 1.29 is 4.79 Å². The summed E-state index contributed by atoms with van der Waals surface area (Å²) in [4.78, 5) is 28.0. The summed E-state index contributed by atoms with van der Waals surface area (Å²) in [5, 5.41) is 0. The van der Waals surface area contributed by atoms with E-state index in [1.165, 1.54) is 10.4 Å². The summed E-state index contributed by atoms with van der Waals surface area (Å²) in [5.74, 6) is 1.38. The number of likely N-dealkylation sites (tertiary alicyclic amines) is 1. The number of anilines is 1. The Hall–Kier alpha value is -1.99. The number of nitrogen functional groups attached to an aromatic ring is 1. The third-order valence-corrected chi connectivity index (χ3v) is 6.38. The highest BCUT2D eigenvalue weighted by Crippen LogP contribution is 2.27. The second kappa shape index (κ2) is 8.80. The van der Waals surface area contributed by atoms with Crippen LogP contribution in [0.5, 0.6) is 0 Å². The molecule has 0 aliphatic carbocycles. The van der Waals surface area contributed by atoms with E-state index >= 15 is 0 Å². The fourth-order valence-electron chi connectivity index (χ4n) is 3.59. The third kappa shape index (κ3) is 4.65. The van der Waals surface area contributed by atoms with Gasteiger partial charge in [-0.3, -0.25) is 9.69 Å². The van der Waals surface area contributed by atoms with E-state index in [1.807, 2.05) is 4.90 Å². The molecule has 1 aliphatic heterocycles. The Balaban J connectivity index is 1.62. The second-order valence-electron chi connectivity index (χ2n) is 7.17. The number of rotatable bonds is 7. The lowest BCUT2D eigenvalue weighted by Crippen LogP contribution is -2.36. The minimum atomic E-state index is 0.174. The molecule has 1 unspecified atom stereocenters. The Kier molecular flexibility index (Phi) is 6.44. The summed E-state index contributed by atoms with van der Waals surface area (Å²) < 4.78 is 0. The van der Waals surface area contributed by atoms with Crippen LogP contribution in [-0.2, 0) is 19.4 Å². The quantitative estimate of drug-likeness (QED) is 0.790. The van der Waals surface area contributed by atoms with Gasteiger partial charge in [-0.1, -0.05) is 20.3 Å². The molecule has 1 amide bonds. The van der Waals surface area contributed by atoms with E-state index < -0.39 is 0 Å². The van der Waals surface area contributed by atoms with E-state index in [0.29, 0.717) is 18.4 Å². The lowest BCUT2D eigenvalue weighted by Gasteiger charge is -2.23. The van der Waals surface area contributed by atoms with Crippen molar-refractivity contribution in [2.45, 2.75) is 52.1 Å². The molecule has 7 heteroatoms. The highest BCUT2D eigenvalue weighted by Gasteiger charge is 2.30. The van der Waals surface area contributed by atoms with Gasteiger partial charge in [-0.05, 0) is 44.0 Å². The number of thiophene rings is 1. The van der Waals surface area contributed by atoms with E-state index in [2.05, 4.69) is 41.8 Å². The van der Waals surface area contributed by atoms with Gasteiger partial charge in [0.25, 0.3) is 5.91 Å². The largest absolute Gasteiger partial charge is 0.384 e. The summed E-state index contributed by atoms with van der Waals surface area (Å²) in [5.41, 5.74) is 7.07. The van der Waals surface area contributed by atoms with Crippen LogP contribution in [-0.4, -0.2) is 51.9 Å². The Bertz CT molecular complexity index is 790. The standard InChI is InChI=1S/C20H29N5OS/c1-4-6-16-14(5-2)11-17(27-16)20(26)25-10-8-15(12-25)24(3)13-19-22-9-7-18(21)23-19/h7,9,11,15H,4-6,8,10,12-13H2,1-3H3,(H2,21,22,23). The molecule has 0 saturated carbocycles. The first kappa shape index (κ1) is 19.8. The van der Waals surface area contributed by atoms with Crippen molar-refractivity contribution in [2.24, 2.45) is 0 Å². The Labute approximate surface area is 165 Å². The number of likely N-dealkylation sites (N-methyl/N-ethyl adjacent to an activating group) is 1. The van der Waals surface area contributed by atoms with Crippen LogP contribution in [0.3, 0.4) is 0 Å². The maximum Gasteiger partial charge on any atom is 0.263 e. The van der Waals surface area contributed by atoms with Crippen molar-refractivity contribution >= 4 is 23.1 Å². The van der Waals surface area contributed by atoms with Gasteiger partial charge in [0.05, 0.1) is 11.4 Å².